The molecule has 1 fully saturated rings. The topological polar surface area (TPSA) is 218 Å². The first-order valence-corrected chi connectivity index (χ1v) is 15.3. The molecule has 0 aliphatic carbocycles. The van der Waals surface area contributed by atoms with Gasteiger partial charge in [0.2, 0.25) is 0 Å². The van der Waals surface area contributed by atoms with Crippen LogP contribution in [0.15, 0.2) is 53.7 Å². The van der Waals surface area contributed by atoms with Gasteiger partial charge >= 0.3 is 5.97 Å². The maximum Gasteiger partial charge on any atom is 0.352 e. The van der Waals surface area contributed by atoms with Gasteiger partial charge in [-0.2, -0.15) is 0 Å². The molecular weight excluding hydrogens is 625 g/mol. The SMILES string of the molecule is Nc1nc(C(=NO)C(=O)NC2C(=O)N3C(C(=O)O)=C(C=CSc4cc(=O)c5scc([N+](=O)[O-])c5s4)CS[C@H]23)cs1. The summed E-state index contributed by atoms with van der Waals surface area (Å²) in [6.45, 7) is 0. The van der Waals surface area contributed by atoms with Gasteiger partial charge in [0, 0.05) is 17.2 Å². The Morgan fingerprint density at radius 2 is 2.08 bits per heavy atom. The molecule has 0 radical (unpaired) electrons. The zero-order chi connectivity index (χ0) is 28.7. The molecule has 5 rings (SSSR count). The van der Waals surface area contributed by atoms with E-state index in [0.29, 0.717) is 14.5 Å². The van der Waals surface area contributed by atoms with Gasteiger partial charge in [-0.1, -0.05) is 16.9 Å². The fourth-order valence-corrected chi connectivity index (χ4v) is 8.85. The zero-order valence-corrected chi connectivity index (χ0v) is 23.6. The van der Waals surface area contributed by atoms with E-state index in [2.05, 4.69) is 15.5 Å². The highest BCUT2D eigenvalue weighted by molar-refractivity contribution is 8.04. The van der Waals surface area contributed by atoms with Gasteiger partial charge in [0.1, 0.15) is 27.5 Å². The van der Waals surface area contributed by atoms with Gasteiger partial charge in [0.15, 0.2) is 16.3 Å². The predicted octanol–water partition coefficient (Wildman–Crippen LogP) is 2.49. The molecule has 2 aliphatic heterocycles. The molecule has 2 atom stereocenters. The van der Waals surface area contributed by atoms with E-state index in [9.17, 15) is 39.6 Å². The molecule has 1 unspecified atom stereocenters. The predicted molar refractivity (Wildman–Crippen MR) is 152 cm³/mol. The second-order valence-corrected chi connectivity index (χ2v) is 13.1. The van der Waals surface area contributed by atoms with Crippen LogP contribution in [0.1, 0.15) is 5.69 Å². The van der Waals surface area contributed by atoms with Crippen molar-refractivity contribution >= 4 is 101 Å². The number of β-lactam (4-membered cyclic amide) rings is 1. The second kappa shape index (κ2) is 11.0. The number of carboxylic acids is 1. The summed E-state index contributed by atoms with van der Waals surface area (Å²) in [5.74, 6) is -2.70. The van der Waals surface area contributed by atoms with Gasteiger partial charge in [-0.25, -0.2) is 9.78 Å². The summed E-state index contributed by atoms with van der Waals surface area (Å²) in [4.78, 5) is 65.7. The molecule has 206 valence electrons. The number of nitro groups is 1. The number of carbonyl (C=O) groups is 3. The zero-order valence-electron chi connectivity index (χ0n) is 19.5. The highest BCUT2D eigenvalue weighted by atomic mass is 32.2. The second-order valence-electron chi connectivity index (χ2n) is 7.95. The number of carboxylic acid groups (broad SMARTS) is 1. The third-order valence-electron chi connectivity index (χ3n) is 5.62. The summed E-state index contributed by atoms with van der Waals surface area (Å²) in [6, 6.07) is 0.293. The van der Waals surface area contributed by atoms with Gasteiger partial charge in [0.25, 0.3) is 17.5 Å². The standard InChI is InChI=1S/C21H14N6O8S5/c22-21-23-8(5-39-21)12(25-33)17(29)24-13-18(30)26-14(20(31)32)7(4-38-19(13)26)1-2-36-11-3-10(28)16-15(40-11)9(6-37-16)27(34)35/h1-3,5-6,13,19,33H,4H2,(H2,22,23)(H,24,29)(H,31,32)/t13?,19-/m1/s1. The molecule has 2 amide bonds. The molecule has 5 N–H and O–H groups in total. The smallest absolute Gasteiger partial charge is 0.352 e. The van der Waals surface area contributed by atoms with Crippen LogP contribution in [-0.2, 0) is 14.4 Å². The van der Waals surface area contributed by atoms with E-state index >= 15 is 0 Å². The quantitative estimate of drug-likeness (QED) is 0.0698. The van der Waals surface area contributed by atoms with Crippen LogP contribution in [-0.4, -0.2) is 65.8 Å². The van der Waals surface area contributed by atoms with Crippen LogP contribution in [0.2, 0.25) is 0 Å². The van der Waals surface area contributed by atoms with Crippen molar-refractivity contribution in [2.45, 2.75) is 15.6 Å². The third-order valence-corrected chi connectivity index (χ3v) is 10.8. The van der Waals surface area contributed by atoms with Crippen LogP contribution >= 0.6 is 57.5 Å². The Morgan fingerprint density at radius 3 is 2.73 bits per heavy atom. The minimum atomic E-state index is -1.34. The lowest BCUT2D eigenvalue weighted by Crippen LogP contribution is -2.71. The molecule has 0 spiro atoms. The number of nitrogens with two attached hydrogens (primary N) is 1. The van der Waals surface area contributed by atoms with Crippen molar-refractivity contribution in [3.8, 4) is 0 Å². The molecule has 0 aromatic carbocycles. The van der Waals surface area contributed by atoms with E-state index in [1.54, 1.807) is 5.41 Å². The summed E-state index contributed by atoms with van der Waals surface area (Å²) in [5, 5.41) is 39.5. The number of oxime groups is 1. The average Bonchev–Trinajstić information content (AvgIpc) is 3.54. The maximum atomic E-state index is 12.9. The van der Waals surface area contributed by atoms with E-state index in [-0.39, 0.29) is 38.1 Å². The Bertz CT molecular complexity index is 1740. The highest BCUT2D eigenvalue weighted by Crippen LogP contribution is 2.42. The lowest BCUT2D eigenvalue weighted by Gasteiger charge is -2.49. The molecule has 0 bridgehead atoms. The molecule has 19 heteroatoms. The fraction of sp³-hybridized carbons (Fsp3) is 0.143. The summed E-state index contributed by atoms with van der Waals surface area (Å²) < 4.78 is 1.04. The van der Waals surface area contributed by atoms with Gasteiger partial charge in [-0.15, -0.1) is 45.8 Å². The fourth-order valence-electron chi connectivity index (χ4n) is 3.87. The van der Waals surface area contributed by atoms with Gasteiger partial charge in [-0.05, 0) is 17.1 Å². The molecule has 3 aromatic heterocycles. The molecule has 5 heterocycles. The molecular formula is C21H14N6O8S5. The number of nitrogens with one attached hydrogen (secondary N) is 1. The number of fused-ring (bicyclic) bond motifs is 2. The van der Waals surface area contributed by atoms with Gasteiger partial charge in [-0.3, -0.25) is 29.4 Å². The third kappa shape index (κ3) is 4.96. The van der Waals surface area contributed by atoms with Gasteiger partial charge < -0.3 is 21.4 Å². The lowest BCUT2D eigenvalue weighted by atomic mass is 10.0. The van der Waals surface area contributed by atoms with Crippen molar-refractivity contribution in [2.75, 3.05) is 11.5 Å². The van der Waals surface area contributed by atoms with Crippen molar-refractivity contribution in [1.82, 2.24) is 15.2 Å². The first-order chi connectivity index (χ1) is 19.1. The number of aromatic nitrogens is 1. The Morgan fingerprint density at radius 1 is 1.30 bits per heavy atom. The Kier molecular flexibility index (Phi) is 7.64. The van der Waals surface area contributed by atoms with Crippen molar-refractivity contribution in [1.29, 1.82) is 0 Å². The number of nitrogens with zero attached hydrogens (tertiary/aromatic N) is 4. The summed E-state index contributed by atoms with van der Waals surface area (Å²) in [6.07, 6.45) is 1.50. The number of amides is 2. The number of hydrogen-bond donors (Lipinski definition) is 4. The largest absolute Gasteiger partial charge is 0.477 e. The highest BCUT2D eigenvalue weighted by Gasteiger charge is 2.54. The number of anilines is 1. The number of aliphatic carboxylic acids is 1. The summed E-state index contributed by atoms with van der Waals surface area (Å²) >= 11 is 5.42. The summed E-state index contributed by atoms with van der Waals surface area (Å²) in [5.41, 5.74) is 4.71. The average molecular weight is 639 g/mol. The molecule has 3 aromatic rings. The Hall–Kier alpha value is -3.78. The van der Waals surface area contributed by atoms with Crippen LogP contribution in [0, 0.1) is 10.1 Å². The molecule has 0 saturated carbocycles. The molecule has 2 aliphatic rings. The van der Waals surface area contributed by atoms with Crippen LogP contribution in [0.3, 0.4) is 0 Å². The number of thiophene rings is 1. The number of rotatable bonds is 8. The van der Waals surface area contributed by atoms with Crippen molar-refractivity contribution in [3.63, 3.8) is 0 Å². The first kappa shape index (κ1) is 27.8. The van der Waals surface area contributed by atoms with E-state index in [0.717, 1.165) is 50.7 Å². The number of hydrogen-bond acceptors (Lipinski definition) is 15. The molecule has 40 heavy (non-hydrogen) atoms. The minimum absolute atomic E-state index is 0.0243. The van der Waals surface area contributed by atoms with Crippen molar-refractivity contribution < 1.29 is 29.6 Å². The normalized spacial score (nSPS) is 19.1. The van der Waals surface area contributed by atoms with Crippen LogP contribution < -0.4 is 16.5 Å². The van der Waals surface area contributed by atoms with Crippen LogP contribution in [0.4, 0.5) is 10.8 Å². The lowest BCUT2D eigenvalue weighted by molar-refractivity contribution is -0.382. The van der Waals surface area contributed by atoms with Crippen molar-refractivity contribution in [2.24, 2.45) is 5.16 Å². The van der Waals surface area contributed by atoms with Crippen molar-refractivity contribution in [3.05, 3.63) is 65.6 Å². The Labute approximate surface area is 243 Å². The number of thiazole rings is 1. The van der Waals surface area contributed by atoms with E-state index in [4.69, 9.17) is 5.73 Å². The number of allylic oxidation sites excluding steroid dienone is 1. The number of carbonyl (C=O) groups excluding carboxylic acids is 2. The molecule has 14 nitrogen and oxygen atoms in total. The number of nitrogen functional groups attached to an aromatic ring is 1. The maximum absolute atomic E-state index is 12.9. The van der Waals surface area contributed by atoms with E-state index in [1.165, 1.54) is 34.7 Å². The van der Waals surface area contributed by atoms with Crippen LogP contribution in [0.25, 0.3) is 9.40 Å². The van der Waals surface area contributed by atoms with E-state index in [1.807, 2.05) is 0 Å². The van der Waals surface area contributed by atoms with E-state index < -0.39 is 39.8 Å². The first-order valence-electron chi connectivity index (χ1n) is 10.8. The summed E-state index contributed by atoms with van der Waals surface area (Å²) in [7, 11) is 0. The molecule has 1 saturated heterocycles. The minimum Gasteiger partial charge on any atom is -0.477 e. The number of thioether (sulfide) groups is 2. The monoisotopic (exact) mass is 638 g/mol. The Balaban J connectivity index is 1.33. The van der Waals surface area contributed by atoms with Crippen LogP contribution in [0.5, 0.6) is 0 Å². The van der Waals surface area contributed by atoms with Gasteiger partial charge in [0.05, 0.1) is 19.2 Å².